The second-order valence-electron chi connectivity index (χ2n) is 20.0. The van der Waals surface area contributed by atoms with Gasteiger partial charge in [-0.1, -0.05) is 104 Å². The molecule has 1 aromatic rings. The maximum Gasteiger partial charge on any atom is 0.336 e. The molecule has 5 aliphatic rings. The summed E-state index contributed by atoms with van der Waals surface area (Å²) < 4.78 is 62.2. The maximum absolute atomic E-state index is 15.1. The molecule has 2 bridgehead atoms. The number of hydrogen-bond acceptors (Lipinski definition) is 7. The van der Waals surface area contributed by atoms with Gasteiger partial charge in [-0.25, -0.2) is 0 Å². The summed E-state index contributed by atoms with van der Waals surface area (Å²) in [5.74, 6) is 0.969. The zero-order valence-electron chi connectivity index (χ0n) is 35.8. The highest BCUT2D eigenvalue weighted by molar-refractivity contribution is 7.83. The summed E-state index contributed by atoms with van der Waals surface area (Å²) in [5.41, 5.74) is -0.269. The predicted octanol–water partition coefficient (Wildman–Crippen LogP) is 8.78. The van der Waals surface area contributed by atoms with Gasteiger partial charge in [0.2, 0.25) is 0 Å². The van der Waals surface area contributed by atoms with Crippen molar-refractivity contribution < 1.29 is 36.7 Å². The van der Waals surface area contributed by atoms with Crippen molar-refractivity contribution in [3.63, 3.8) is 0 Å². The molecule has 1 aliphatic heterocycles. The molecular weight excluding hydrogens is 715 g/mol. The monoisotopic (exact) mass is 785 g/mol. The highest BCUT2D eigenvalue weighted by Gasteiger charge is 2.74. The first-order valence-electron chi connectivity index (χ1n) is 21.0. The predicted molar refractivity (Wildman–Crippen MR) is 215 cm³/mol. The molecular formula is C45H71NO8S. The van der Waals surface area contributed by atoms with Crippen LogP contribution >= 0.6 is 0 Å². The highest BCUT2D eigenvalue weighted by Crippen LogP contribution is 2.77. The normalized spacial score (nSPS) is 40.4. The Labute approximate surface area is 332 Å². The molecule has 0 amide bonds. The first-order chi connectivity index (χ1) is 25.6. The fourth-order valence-corrected chi connectivity index (χ4v) is 14.2. The van der Waals surface area contributed by atoms with E-state index in [1.165, 1.54) is 12.6 Å². The Balaban J connectivity index is 1.39. The number of nitrogens with zero attached hydrogens (tertiary/aromatic N) is 1. The lowest BCUT2D eigenvalue weighted by molar-refractivity contribution is -0.274. The molecule has 3 saturated carbocycles. The first-order valence-corrected chi connectivity index (χ1v) is 22.4. The highest BCUT2D eigenvalue weighted by atomic mass is 32.2. The molecule has 4 fully saturated rings. The van der Waals surface area contributed by atoms with E-state index in [1.54, 1.807) is 7.11 Å². The van der Waals surface area contributed by atoms with Crippen LogP contribution < -0.4 is 0 Å². The fraction of sp³-hybridized carbons (Fsp3) is 0.800. The minimum absolute atomic E-state index is 0.0408. The fourth-order valence-electron chi connectivity index (χ4n) is 13.4. The number of esters is 1. The maximum atomic E-state index is 15.1. The molecule has 1 heterocycles. The van der Waals surface area contributed by atoms with E-state index < -0.39 is 26.7 Å². The van der Waals surface area contributed by atoms with Crippen LogP contribution in [0.15, 0.2) is 42.0 Å². The average Bonchev–Trinajstić information content (AvgIpc) is 3.13. The molecule has 12 atom stereocenters. The second-order valence-corrected chi connectivity index (χ2v) is 21.5. The van der Waals surface area contributed by atoms with Gasteiger partial charge >= 0.3 is 16.3 Å². The largest absolute Gasteiger partial charge is 0.460 e. The number of likely N-dealkylation sites (N-methyl/N-ethyl adjacent to an activating group) is 1. The van der Waals surface area contributed by atoms with Gasteiger partial charge in [0.05, 0.1) is 43.0 Å². The van der Waals surface area contributed by atoms with Crippen molar-refractivity contribution in [2.75, 3.05) is 34.0 Å². The Kier molecular flexibility index (Phi) is 11.5. The summed E-state index contributed by atoms with van der Waals surface area (Å²) in [7, 11) is -1.26. The number of hydrogen-bond donors (Lipinski definition) is 1. The average molecular weight is 786 g/mol. The number of carbonyl (C=O) groups excluding carboxylic acids is 1. The van der Waals surface area contributed by atoms with Gasteiger partial charge in [0.15, 0.2) is 0 Å². The number of benzene rings is 1. The molecule has 9 nitrogen and oxygen atoms in total. The number of ether oxygens (including phenoxy) is 4. The smallest absolute Gasteiger partial charge is 0.336 e. The van der Waals surface area contributed by atoms with Crippen molar-refractivity contribution >= 4 is 16.3 Å². The standard InChI is InChI=1S/C45H71NO8S/c1-29(2)32(6)45(39(47)53-25-33-16-14-13-15-17-33)31(5)20-22-41(8)34-18-19-37-40(7)26-52-28-44(37,35(34)21-23-43(41,45)10)24-36(51-12)38(40)54-27-42(9,30(3)4)46(11)55(48,49)50/h13-17,21,29-32,34,36-38H,18-20,22-28H2,1-12H3,(H,48,49,50)/t31?,32-,34+,36-,37+,38+,40+,41-,42-,43-,44-,45-/m1/s1. The van der Waals surface area contributed by atoms with Crippen LogP contribution in [0, 0.1) is 62.6 Å². The van der Waals surface area contributed by atoms with E-state index in [2.05, 4.69) is 54.5 Å². The Bertz CT molecular complexity index is 1720. The Morgan fingerprint density at radius 3 is 2.33 bits per heavy atom. The topological polar surface area (TPSA) is 112 Å². The van der Waals surface area contributed by atoms with Gasteiger partial charge in [0, 0.05) is 25.0 Å². The Hall–Kier alpha value is -1.82. The van der Waals surface area contributed by atoms with Crippen molar-refractivity contribution in [1.29, 1.82) is 0 Å². The van der Waals surface area contributed by atoms with Crippen LogP contribution in [0.5, 0.6) is 0 Å². The van der Waals surface area contributed by atoms with Gasteiger partial charge in [-0.2, -0.15) is 12.7 Å². The van der Waals surface area contributed by atoms with Gasteiger partial charge in [-0.05, 0) is 97.3 Å². The molecule has 1 saturated heterocycles. The molecule has 0 radical (unpaired) electrons. The van der Waals surface area contributed by atoms with E-state index in [4.69, 9.17) is 18.9 Å². The lowest BCUT2D eigenvalue weighted by Crippen LogP contribution is -2.71. The summed E-state index contributed by atoms with van der Waals surface area (Å²) in [6.45, 7) is 23.7. The van der Waals surface area contributed by atoms with Crippen molar-refractivity contribution in [3.8, 4) is 0 Å². The molecule has 1 aromatic carbocycles. The summed E-state index contributed by atoms with van der Waals surface area (Å²) in [4.78, 5) is 15.1. The summed E-state index contributed by atoms with van der Waals surface area (Å²) >= 11 is 0. The second kappa shape index (κ2) is 14.8. The number of rotatable bonds is 12. The van der Waals surface area contributed by atoms with Gasteiger partial charge in [0.25, 0.3) is 0 Å². The van der Waals surface area contributed by atoms with Crippen molar-refractivity contribution in [2.45, 2.75) is 132 Å². The Morgan fingerprint density at radius 2 is 1.73 bits per heavy atom. The molecule has 10 heteroatoms. The van der Waals surface area contributed by atoms with E-state index in [9.17, 15) is 13.0 Å². The van der Waals surface area contributed by atoms with E-state index in [0.717, 1.165) is 48.4 Å². The lowest BCUT2D eigenvalue weighted by Gasteiger charge is -2.72. The zero-order chi connectivity index (χ0) is 40.6. The van der Waals surface area contributed by atoms with Gasteiger partial charge in [-0.15, -0.1) is 0 Å². The van der Waals surface area contributed by atoms with Crippen LogP contribution in [0.1, 0.15) is 113 Å². The molecule has 4 aliphatic carbocycles. The number of carbonyl (C=O) groups is 1. The molecule has 55 heavy (non-hydrogen) atoms. The molecule has 0 spiro atoms. The van der Waals surface area contributed by atoms with Crippen molar-refractivity contribution in [1.82, 2.24) is 4.31 Å². The van der Waals surface area contributed by atoms with Crippen LogP contribution in [0.4, 0.5) is 0 Å². The zero-order valence-corrected chi connectivity index (χ0v) is 36.6. The molecule has 6 rings (SSSR count). The van der Waals surface area contributed by atoms with Gasteiger partial charge in [-0.3, -0.25) is 9.35 Å². The van der Waals surface area contributed by atoms with E-state index in [1.807, 2.05) is 51.1 Å². The van der Waals surface area contributed by atoms with Crippen LogP contribution in [0.25, 0.3) is 0 Å². The minimum atomic E-state index is -4.45. The quantitative estimate of drug-likeness (QED) is 0.127. The number of methoxy groups -OCH3 is 1. The minimum Gasteiger partial charge on any atom is -0.460 e. The summed E-state index contributed by atoms with van der Waals surface area (Å²) in [6.07, 6.45) is 7.59. The van der Waals surface area contributed by atoms with E-state index in [-0.39, 0.29) is 77.2 Å². The van der Waals surface area contributed by atoms with Gasteiger partial charge < -0.3 is 18.9 Å². The summed E-state index contributed by atoms with van der Waals surface area (Å²) in [6, 6.07) is 10.1. The Morgan fingerprint density at radius 1 is 1.05 bits per heavy atom. The van der Waals surface area contributed by atoms with Crippen LogP contribution in [0.2, 0.25) is 0 Å². The van der Waals surface area contributed by atoms with E-state index >= 15 is 4.79 Å². The SMILES string of the molecule is CO[C@@H]1C[C@]23COC[C@@](C)([C@@H]2CC[C@H]2C3=CC[C@]3(C)[C@]2(C)CCC(C)[C@]3(C(=O)OCc2ccccc2)[C@H](C)C(C)C)[C@H]1OC[C@](C)(C(C)C)N(C)S(=O)(=O)O. The number of fused-ring (bicyclic) bond motifs is 3. The molecule has 310 valence electrons. The van der Waals surface area contributed by atoms with E-state index in [0.29, 0.717) is 19.1 Å². The van der Waals surface area contributed by atoms with Crippen molar-refractivity contribution in [2.24, 2.45) is 62.6 Å². The lowest BCUT2D eigenvalue weighted by atomic mass is 9.32. The number of allylic oxidation sites excluding steroid dienone is 1. The third-order valence-corrected chi connectivity index (χ3v) is 18.6. The first kappa shape index (κ1) is 42.8. The third-order valence-electron chi connectivity index (χ3n) is 17.5. The summed E-state index contributed by atoms with van der Waals surface area (Å²) in [5, 5.41) is 0. The molecule has 1 N–H and O–H groups in total. The molecule has 1 unspecified atom stereocenters. The van der Waals surface area contributed by atoms with Crippen molar-refractivity contribution in [3.05, 3.63) is 47.5 Å². The molecule has 0 aromatic heterocycles. The van der Waals surface area contributed by atoms with Crippen LogP contribution in [-0.2, 0) is 40.7 Å². The third kappa shape index (κ3) is 6.23. The van der Waals surface area contributed by atoms with Gasteiger partial charge in [0.1, 0.15) is 6.61 Å². The van der Waals surface area contributed by atoms with Crippen LogP contribution in [0.3, 0.4) is 0 Å². The van der Waals surface area contributed by atoms with Crippen LogP contribution in [-0.4, -0.2) is 75.0 Å².